The van der Waals surface area contributed by atoms with Crippen LogP contribution in [0.1, 0.15) is 113 Å². The molecule has 2 heteroatoms. The van der Waals surface area contributed by atoms with Gasteiger partial charge in [0.25, 0.3) is 0 Å². The molecule has 0 aromatic heterocycles. The second-order valence-electron chi connectivity index (χ2n) is 16.0. The minimum atomic E-state index is 0.291. The second-order valence-corrected chi connectivity index (χ2v) is 16.0. The van der Waals surface area contributed by atoms with Crippen LogP contribution in [-0.2, 0) is 4.74 Å². The SMILES string of the molecule is C=C1C(C)CC1O[C@@H]1C[C@@]2(C)[C@]3(C)CC[C@H]4C(C)(C)[C@@H](C)CC[C@@]45C[C@]53CC[C@]2(C)C1[C@H](C)NC. The Morgan fingerprint density at radius 2 is 1.69 bits per heavy atom. The molecule has 6 aliphatic rings. The van der Waals surface area contributed by atoms with Crippen LogP contribution in [0, 0.1) is 56.2 Å². The van der Waals surface area contributed by atoms with Crippen molar-refractivity contribution < 1.29 is 4.74 Å². The van der Waals surface area contributed by atoms with Crippen LogP contribution in [-0.4, -0.2) is 25.3 Å². The van der Waals surface area contributed by atoms with E-state index in [2.05, 4.69) is 74.3 Å². The van der Waals surface area contributed by atoms with Crippen LogP contribution in [0.15, 0.2) is 12.2 Å². The van der Waals surface area contributed by atoms with E-state index >= 15 is 0 Å². The van der Waals surface area contributed by atoms with Crippen molar-refractivity contribution in [3.8, 4) is 0 Å². The van der Waals surface area contributed by atoms with Gasteiger partial charge in [0.05, 0.1) is 12.2 Å². The van der Waals surface area contributed by atoms with Crippen molar-refractivity contribution in [1.29, 1.82) is 0 Å². The molecule has 1 N–H and O–H groups in total. The highest BCUT2D eigenvalue weighted by Gasteiger charge is 2.86. The zero-order valence-electron chi connectivity index (χ0n) is 24.5. The van der Waals surface area contributed by atoms with E-state index < -0.39 is 0 Å². The lowest BCUT2D eigenvalue weighted by Crippen LogP contribution is -2.62. The Balaban J connectivity index is 1.39. The van der Waals surface area contributed by atoms with Crippen LogP contribution in [0.5, 0.6) is 0 Å². The lowest BCUT2D eigenvalue weighted by atomic mass is 9.36. The number of hydrogen-bond acceptors (Lipinski definition) is 2. The maximum Gasteiger partial charge on any atom is 0.0794 e. The normalized spacial score (nSPS) is 58.9. The molecule has 35 heavy (non-hydrogen) atoms. The molecule has 6 saturated carbocycles. The minimum Gasteiger partial charge on any atom is -0.370 e. The molecule has 0 bridgehead atoms. The maximum absolute atomic E-state index is 7.07. The molecule has 2 nitrogen and oxygen atoms in total. The molecule has 0 saturated heterocycles. The largest absolute Gasteiger partial charge is 0.370 e. The van der Waals surface area contributed by atoms with Gasteiger partial charge >= 0.3 is 0 Å². The molecule has 0 aromatic carbocycles. The van der Waals surface area contributed by atoms with Gasteiger partial charge < -0.3 is 10.1 Å². The highest BCUT2D eigenvalue weighted by Crippen LogP contribution is 2.93. The Hall–Kier alpha value is -0.340. The van der Waals surface area contributed by atoms with Gasteiger partial charge in [-0.1, -0.05) is 55.0 Å². The molecule has 6 rings (SSSR count). The Bertz CT molecular complexity index is 924. The number of nitrogens with one attached hydrogen (secondary N) is 1. The summed E-state index contributed by atoms with van der Waals surface area (Å²) < 4.78 is 7.07. The van der Waals surface area contributed by atoms with Gasteiger partial charge in [-0.3, -0.25) is 0 Å². The molecular formula is C33H55NO. The lowest BCUT2D eigenvalue weighted by Gasteiger charge is -2.68. The van der Waals surface area contributed by atoms with Gasteiger partial charge in [0.15, 0.2) is 0 Å². The van der Waals surface area contributed by atoms with Gasteiger partial charge in [0, 0.05) is 12.0 Å². The van der Waals surface area contributed by atoms with E-state index in [0.29, 0.717) is 62.6 Å². The molecule has 0 aromatic rings. The van der Waals surface area contributed by atoms with E-state index in [0.717, 1.165) is 11.8 Å². The van der Waals surface area contributed by atoms with Crippen molar-refractivity contribution in [1.82, 2.24) is 5.32 Å². The van der Waals surface area contributed by atoms with Crippen LogP contribution >= 0.6 is 0 Å². The molecular weight excluding hydrogens is 426 g/mol. The minimum absolute atomic E-state index is 0.291. The average Bonchev–Trinajstić information content (AvgIpc) is 3.42. The molecule has 0 aliphatic heterocycles. The van der Waals surface area contributed by atoms with Crippen molar-refractivity contribution >= 4 is 0 Å². The molecule has 0 amide bonds. The van der Waals surface area contributed by atoms with E-state index in [9.17, 15) is 0 Å². The van der Waals surface area contributed by atoms with Crippen LogP contribution < -0.4 is 5.32 Å². The van der Waals surface area contributed by atoms with Crippen LogP contribution in [0.2, 0.25) is 0 Å². The standard InChI is InChI=1S/C33H55NO/c1-20-17-24(22(20)3)35-25-18-31(9)29(7,27(25)23(4)34-10)15-16-33-19-32(33)14-11-21(2)28(5,6)26(32)12-13-30(31,33)8/h20-21,23-27,34H,3,11-19H2,1-2,4-10H3/t20?,21-,23-,24?,25+,26-,27?,29+,30-,31+,32+,33-/m0/s1. The van der Waals surface area contributed by atoms with E-state index in [-0.39, 0.29) is 0 Å². The Kier molecular flexibility index (Phi) is 5.13. The fourth-order valence-electron chi connectivity index (χ4n) is 12.5. The monoisotopic (exact) mass is 481 g/mol. The van der Waals surface area contributed by atoms with Gasteiger partial charge in [0.1, 0.15) is 0 Å². The van der Waals surface area contributed by atoms with Crippen molar-refractivity contribution in [2.45, 2.75) is 131 Å². The molecule has 2 spiro atoms. The van der Waals surface area contributed by atoms with E-state index in [1.807, 2.05) is 0 Å². The van der Waals surface area contributed by atoms with E-state index in [1.54, 1.807) is 0 Å². The van der Waals surface area contributed by atoms with Crippen LogP contribution in [0.4, 0.5) is 0 Å². The summed E-state index contributed by atoms with van der Waals surface area (Å²) in [5, 5.41) is 3.70. The summed E-state index contributed by atoms with van der Waals surface area (Å²) in [5.74, 6) is 3.01. The maximum atomic E-state index is 7.07. The molecule has 0 radical (unpaired) electrons. The molecule has 3 unspecified atom stereocenters. The fourth-order valence-corrected chi connectivity index (χ4v) is 12.5. The first-order valence-corrected chi connectivity index (χ1v) is 15.3. The molecule has 198 valence electrons. The summed E-state index contributed by atoms with van der Waals surface area (Å²) >= 11 is 0. The summed E-state index contributed by atoms with van der Waals surface area (Å²) in [6.45, 7) is 25.2. The van der Waals surface area contributed by atoms with Gasteiger partial charge in [-0.25, -0.2) is 0 Å². The summed E-state index contributed by atoms with van der Waals surface area (Å²) in [6, 6.07) is 0.481. The Morgan fingerprint density at radius 3 is 2.31 bits per heavy atom. The molecule has 0 heterocycles. The average molecular weight is 482 g/mol. The predicted molar refractivity (Wildman–Crippen MR) is 146 cm³/mol. The summed E-state index contributed by atoms with van der Waals surface area (Å²) in [6.07, 6.45) is 13.3. The Morgan fingerprint density at radius 1 is 0.971 bits per heavy atom. The van der Waals surface area contributed by atoms with Crippen molar-refractivity contribution in [3.63, 3.8) is 0 Å². The second kappa shape index (κ2) is 7.19. The number of fused-ring (bicyclic) bond motifs is 2. The van der Waals surface area contributed by atoms with Gasteiger partial charge in [-0.15, -0.1) is 0 Å². The number of rotatable bonds is 4. The predicted octanol–water partition coefficient (Wildman–Crippen LogP) is 8.02. The van der Waals surface area contributed by atoms with Gasteiger partial charge in [0.2, 0.25) is 0 Å². The number of hydrogen-bond donors (Lipinski definition) is 1. The first-order valence-electron chi connectivity index (χ1n) is 15.3. The summed E-state index contributed by atoms with van der Waals surface area (Å²) in [5.41, 5.74) is 4.12. The molecule has 12 atom stereocenters. The first kappa shape index (κ1) is 25.0. The van der Waals surface area contributed by atoms with E-state index in [1.165, 1.54) is 63.4 Å². The van der Waals surface area contributed by atoms with Crippen molar-refractivity contribution in [3.05, 3.63) is 12.2 Å². The lowest BCUT2D eigenvalue weighted by molar-refractivity contribution is -0.201. The summed E-state index contributed by atoms with van der Waals surface area (Å²) in [4.78, 5) is 0. The van der Waals surface area contributed by atoms with Gasteiger partial charge in [-0.05, 0) is 128 Å². The topological polar surface area (TPSA) is 21.3 Å². The zero-order valence-corrected chi connectivity index (χ0v) is 24.5. The third-order valence-corrected chi connectivity index (χ3v) is 15.5. The number of ether oxygens (including phenoxy) is 1. The smallest absolute Gasteiger partial charge is 0.0794 e. The molecule has 6 fully saturated rings. The highest BCUT2D eigenvalue weighted by atomic mass is 16.5. The summed E-state index contributed by atoms with van der Waals surface area (Å²) in [7, 11) is 2.17. The fraction of sp³-hybridized carbons (Fsp3) is 0.939. The van der Waals surface area contributed by atoms with Gasteiger partial charge in [-0.2, -0.15) is 0 Å². The third-order valence-electron chi connectivity index (χ3n) is 15.5. The Labute approximate surface area is 216 Å². The van der Waals surface area contributed by atoms with Crippen molar-refractivity contribution in [2.24, 2.45) is 56.2 Å². The highest BCUT2D eigenvalue weighted by molar-refractivity contribution is 5.35. The van der Waals surface area contributed by atoms with Crippen LogP contribution in [0.25, 0.3) is 0 Å². The first-order chi connectivity index (χ1) is 16.2. The zero-order chi connectivity index (χ0) is 25.4. The van der Waals surface area contributed by atoms with Crippen LogP contribution in [0.3, 0.4) is 0 Å². The quantitative estimate of drug-likeness (QED) is 0.410. The van der Waals surface area contributed by atoms with E-state index in [4.69, 9.17) is 4.74 Å². The molecule has 6 aliphatic carbocycles. The van der Waals surface area contributed by atoms with Crippen molar-refractivity contribution in [2.75, 3.05) is 7.05 Å². The third kappa shape index (κ3) is 2.61.